The summed E-state index contributed by atoms with van der Waals surface area (Å²) < 4.78 is 11.5. The molecule has 3 heteroatoms. The average Bonchev–Trinajstić information content (AvgIpc) is 2.97. The molecule has 0 aromatic carbocycles. The van der Waals surface area contributed by atoms with E-state index in [1.807, 2.05) is 14.0 Å². The van der Waals surface area contributed by atoms with Crippen molar-refractivity contribution < 1.29 is 14.3 Å². The van der Waals surface area contributed by atoms with Gasteiger partial charge in [0, 0.05) is 18.9 Å². The van der Waals surface area contributed by atoms with Crippen molar-refractivity contribution in [2.45, 2.75) is 77.9 Å². The zero-order valence-electron chi connectivity index (χ0n) is 16.8. The van der Waals surface area contributed by atoms with Crippen LogP contribution in [-0.2, 0) is 14.3 Å². The van der Waals surface area contributed by atoms with E-state index in [9.17, 15) is 4.79 Å². The molecular weight excluding hydrogens is 324 g/mol. The molecule has 0 heterocycles. The average molecular weight is 359 g/mol. The number of carbonyl (C=O) groups is 1. The van der Waals surface area contributed by atoms with Gasteiger partial charge in [-0.1, -0.05) is 39.0 Å². The molecule has 0 radical (unpaired) electrons. The summed E-state index contributed by atoms with van der Waals surface area (Å²) in [5.41, 5.74) is 1.93. The van der Waals surface area contributed by atoms with Gasteiger partial charge in [-0.3, -0.25) is 4.79 Å². The molecule has 0 aromatic heterocycles. The number of allylic oxidation sites excluding steroid dienone is 3. The molecule has 3 nitrogen and oxygen atoms in total. The lowest BCUT2D eigenvalue weighted by Gasteiger charge is -2.56. The van der Waals surface area contributed by atoms with Crippen LogP contribution in [-0.4, -0.2) is 25.3 Å². The molecule has 2 saturated carbocycles. The van der Waals surface area contributed by atoms with Crippen LogP contribution in [0, 0.1) is 28.6 Å². The first-order valence-corrected chi connectivity index (χ1v) is 10.5. The fraction of sp³-hybridized carbons (Fsp3) is 0.783. The Morgan fingerprint density at radius 3 is 2.69 bits per heavy atom. The van der Waals surface area contributed by atoms with Crippen LogP contribution in [0.2, 0.25) is 0 Å². The number of carbonyl (C=O) groups excluding carboxylic acids is 1. The summed E-state index contributed by atoms with van der Waals surface area (Å²) in [6, 6.07) is 0. The van der Waals surface area contributed by atoms with Gasteiger partial charge in [-0.15, -0.1) is 0 Å². The van der Waals surface area contributed by atoms with Gasteiger partial charge in [0.1, 0.15) is 6.10 Å². The summed E-state index contributed by atoms with van der Waals surface area (Å²) in [6.45, 7) is 6.76. The lowest BCUT2D eigenvalue weighted by Crippen LogP contribution is -2.50. The Morgan fingerprint density at radius 2 is 1.96 bits per heavy atom. The van der Waals surface area contributed by atoms with Gasteiger partial charge in [-0.05, 0) is 67.3 Å². The van der Waals surface area contributed by atoms with Crippen LogP contribution < -0.4 is 0 Å². The van der Waals surface area contributed by atoms with E-state index < -0.39 is 0 Å². The molecule has 1 unspecified atom stereocenters. The highest BCUT2D eigenvalue weighted by Crippen LogP contribution is 2.64. The second-order valence-electron chi connectivity index (χ2n) is 9.46. The molecule has 144 valence electrons. The lowest BCUT2D eigenvalue weighted by atomic mass is 9.49. The molecule has 0 N–H and O–H groups in total. The Bertz CT molecular complexity index is 635. The van der Waals surface area contributed by atoms with E-state index in [2.05, 4.69) is 32.1 Å². The van der Waals surface area contributed by atoms with Crippen molar-refractivity contribution >= 4 is 5.97 Å². The first-order chi connectivity index (χ1) is 12.4. The third kappa shape index (κ3) is 2.61. The highest BCUT2D eigenvalue weighted by Gasteiger charge is 2.59. The number of ether oxygens (including phenoxy) is 2. The van der Waals surface area contributed by atoms with E-state index in [1.54, 1.807) is 0 Å². The molecular formula is C23H34O3. The van der Waals surface area contributed by atoms with Gasteiger partial charge >= 0.3 is 5.97 Å². The number of esters is 1. The zero-order chi connectivity index (χ0) is 18.5. The summed E-state index contributed by atoms with van der Waals surface area (Å²) in [6.07, 6.45) is 15.1. The predicted molar refractivity (Wildman–Crippen MR) is 103 cm³/mol. The second-order valence-corrected chi connectivity index (χ2v) is 9.46. The van der Waals surface area contributed by atoms with E-state index in [1.165, 1.54) is 31.3 Å². The van der Waals surface area contributed by atoms with Crippen molar-refractivity contribution in [3.63, 3.8) is 0 Å². The third-order valence-electron chi connectivity index (χ3n) is 8.40. The van der Waals surface area contributed by atoms with Crippen molar-refractivity contribution in [2.24, 2.45) is 28.6 Å². The van der Waals surface area contributed by atoms with E-state index >= 15 is 0 Å². The summed E-state index contributed by atoms with van der Waals surface area (Å²) >= 11 is 0. The highest BCUT2D eigenvalue weighted by molar-refractivity contribution is 5.69. The predicted octanol–water partition coefficient (Wildman–Crippen LogP) is 5.06. The summed E-state index contributed by atoms with van der Waals surface area (Å²) in [5.74, 6) is 1.95. The van der Waals surface area contributed by atoms with Gasteiger partial charge in [0.15, 0.2) is 0 Å². The minimum atomic E-state index is -0.0340. The van der Waals surface area contributed by atoms with Crippen molar-refractivity contribution in [3.8, 4) is 0 Å². The topological polar surface area (TPSA) is 35.5 Å². The van der Waals surface area contributed by atoms with Crippen LogP contribution in [0.1, 0.15) is 65.7 Å². The van der Waals surface area contributed by atoms with E-state index in [4.69, 9.17) is 9.47 Å². The quantitative estimate of drug-likeness (QED) is 0.661. The van der Waals surface area contributed by atoms with E-state index in [-0.39, 0.29) is 29.0 Å². The summed E-state index contributed by atoms with van der Waals surface area (Å²) in [7, 11) is 1.82. The maximum absolute atomic E-state index is 11.9. The van der Waals surface area contributed by atoms with Crippen LogP contribution in [0.3, 0.4) is 0 Å². The molecule has 4 aliphatic carbocycles. The molecule has 0 saturated heterocycles. The molecule has 2 fully saturated rings. The number of methoxy groups -OCH3 is 1. The third-order valence-corrected chi connectivity index (χ3v) is 8.40. The molecule has 4 rings (SSSR count). The number of hydrogen-bond donors (Lipinski definition) is 0. The van der Waals surface area contributed by atoms with Gasteiger partial charge in [-0.2, -0.15) is 0 Å². The summed E-state index contributed by atoms with van der Waals surface area (Å²) in [4.78, 5) is 11.9. The monoisotopic (exact) mass is 358 g/mol. The fourth-order valence-corrected chi connectivity index (χ4v) is 6.70. The van der Waals surface area contributed by atoms with Crippen LogP contribution in [0.15, 0.2) is 23.8 Å². The Hall–Kier alpha value is -1.09. The normalized spacial score (nSPS) is 46.8. The molecule has 0 aromatic rings. The second kappa shape index (κ2) is 6.51. The largest absolute Gasteiger partial charge is 0.462 e. The smallest absolute Gasteiger partial charge is 0.305 e. The van der Waals surface area contributed by atoms with E-state index in [0.717, 1.165) is 18.8 Å². The minimum absolute atomic E-state index is 0.0340. The molecule has 7 atom stereocenters. The Balaban J connectivity index is 1.61. The first kappa shape index (κ1) is 18.3. The maximum Gasteiger partial charge on any atom is 0.305 e. The van der Waals surface area contributed by atoms with Gasteiger partial charge in [0.2, 0.25) is 0 Å². The first-order valence-electron chi connectivity index (χ1n) is 10.5. The van der Waals surface area contributed by atoms with Crippen molar-refractivity contribution in [3.05, 3.63) is 23.8 Å². The van der Waals surface area contributed by atoms with Gasteiger partial charge in [0.05, 0.1) is 6.10 Å². The zero-order valence-corrected chi connectivity index (χ0v) is 16.8. The van der Waals surface area contributed by atoms with Gasteiger partial charge in [-0.25, -0.2) is 0 Å². The van der Waals surface area contributed by atoms with Crippen LogP contribution >= 0.6 is 0 Å². The van der Waals surface area contributed by atoms with Crippen LogP contribution in [0.25, 0.3) is 0 Å². The molecule has 0 bridgehead atoms. The maximum atomic E-state index is 11.9. The van der Waals surface area contributed by atoms with Crippen molar-refractivity contribution in [1.82, 2.24) is 0 Å². The lowest BCUT2D eigenvalue weighted by molar-refractivity contribution is -0.158. The van der Waals surface area contributed by atoms with Crippen LogP contribution in [0.4, 0.5) is 0 Å². The minimum Gasteiger partial charge on any atom is -0.462 e. The molecule has 0 spiro atoms. The van der Waals surface area contributed by atoms with Crippen LogP contribution in [0.5, 0.6) is 0 Å². The number of rotatable bonds is 3. The standard InChI is InChI=1S/C23H34O3/c1-5-21(24)26-20-9-8-18-17-7-6-15-14-16(25-4)10-12-22(15,2)19(17)11-13-23(18,20)3/h6-7,14,16-20H,5,8-13H2,1-4H3/t16?,17-,18-,19-,20-,22-,23-/m0/s1. The van der Waals surface area contributed by atoms with Crippen molar-refractivity contribution in [1.29, 1.82) is 0 Å². The van der Waals surface area contributed by atoms with Crippen molar-refractivity contribution in [2.75, 3.05) is 7.11 Å². The molecule has 4 aliphatic rings. The summed E-state index contributed by atoms with van der Waals surface area (Å²) in [5, 5.41) is 0. The number of hydrogen-bond acceptors (Lipinski definition) is 3. The van der Waals surface area contributed by atoms with Gasteiger partial charge < -0.3 is 9.47 Å². The molecule has 0 aliphatic heterocycles. The highest BCUT2D eigenvalue weighted by atomic mass is 16.5. The SMILES string of the molecule is CCC(=O)O[C@H]1CC[C@H]2[C@@H]3C=CC4=CC(OC)CC[C@]4(C)[C@H]3CC[C@]12C. The van der Waals surface area contributed by atoms with Gasteiger partial charge in [0.25, 0.3) is 0 Å². The Labute approximate surface area is 158 Å². The number of fused-ring (bicyclic) bond motifs is 5. The fourth-order valence-electron chi connectivity index (χ4n) is 6.70. The Morgan fingerprint density at radius 1 is 1.15 bits per heavy atom. The van der Waals surface area contributed by atoms with E-state index in [0.29, 0.717) is 18.3 Å². The Kier molecular flexibility index (Phi) is 4.58. The molecule has 0 amide bonds. The molecule has 26 heavy (non-hydrogen) atoms.